The summed E-state index contributed by atoms with van der Waals surface area (Å²) in [6, 6.07) is 13.3. The molecule has 0 radical (unpaired) electrons. The summed E-state index contributed by atoms with van der Waals surface area (Å²) in [5.41, 5.74) is 3.19. The zero-order valence-corrected chi connectivity index (χ0v) is 20.4. The molecule has 2 aliphatic heterocycles. The first-order chi connectivity index (χ1) is 17.0. The number of hydrogen-bond donors (Lipinski definition) is 0. The fourth-order valence-corrected chi connectivity index (χ4v) is 4.82. The van der Waals surface area contributed by atoms with Crippen LogP contribution < -0.4 is 9.47 Å². The van der Waals surface area contributed by atoms with E-state index in [4.69, 9.17) is 9.47 Å². The molecule has 2 aromatic carbocycles. The summed E-state index contributed by atoms with van der Waals surface area (Å²) in [5.74, 6) is 1.31. The third-order valence-corrected chi connectivity index (χ3v) is 7.13. The van der Waals surface area contributed by atoms with Crippen molar-refractivity contribution < 1.29 is 19.1 Å². The Balaban J connectivity index is 1.13. The summed E-state index contributed by atoms with van der Waals surface area (Å²) in [6.07, 6.45) is -0.674. The number of para-hydroxylation sites is 2. The van der Waals surface area contributed by atoms with Crippen LogP contribution in [0.5, 0.6) is 11.5 Å². The number of fused-ring (bicyclic) bond motifs is 1. The maximum absolute atomic E-state index is 12.9. The fourth-order valence-electron chi connectivity index (χ4n) is 4.03. The van der Waals surface area contributed by atoms with Gasteiger partial charge >= 0.3 is 0 Å². The summed E-state index contributed by atoms with van der Waals surface area (Å²) in [6.45, 7) is 6.12. The van der Waals surface area contributed by atoms with Gasteiger partial charge in [-0.05, 0) is 59.7 Å². The molecule has 10 nitrogen and oxygen atoms in total. The molecule has 3 aromatic rings. The largest absolute Gasteiger partial charge is 0.485 e. The molecule has 1 atom stereocenters. The number of aryl methyl sites for hydroxylation is 2. The number of carbonyl (C=O) groups is 2. The predicted molar refractivity (Wildman–Crippen MR) is 129 cm³/mol. The van der Waals surface area contributed by atoms with Crippen molar-refractivity contribution in [3.05, 3.63) is 53.6 Å². The Morgan fingerprint density at radius 1 is 1.00 bits per heavy atom. The van der Waals surface area contributed by atoms with Gasteiger partial charge in [-0.1, -0.05) is 30.0 Å². The highest BCUT2D eigenvalue weighted by atomic mass is 32.2. The van der Waals surface area contributed by atoms with Crippen molar-refractivity contribution in [3.63, 3.8) is 0 Å². The minimum atomic E-state index is -0.674. The molecule has 2 amide bonds. The quantitative estimate of drug-likeness (QED) is 0.496. The molecule has 0 spiro atoms. The highest BCUT2D eigenvalue weighted by Crippen LogP contribution is 2.31. The van der Waals surface area contributed by atoms with E-state index < -0.39 is 6.10 Å². The van der Waals surface area contributed by atoms with Crippen LogP contribution in [0.2, 0.25) is 0 Å². The molecule has 1 fully saturated rings. The SMILES string of the molecule is Cc1ccc(-n2nnnc2SCC(=O)N2CCN(C(=O)C3COc4ccccc4O3)CC2)cc1C. The Labute approximate surface area is 207 Å². The van der Waals surface area contributed by atoms with Gasteiger partial charge in [0, 0.05) is 26.2 Å². The molecule has 1 aromatic heterocycles. The summed E-state index contributed by atoms with van der Waals surface area (Å²) in [7, 11) is 0. The monoisotopic (exact) mass is 494 g/mol. The van der Waals surface area contributed by atoms with E-state index in [1.165, 1.54) is 17.3 Å². The van der Waals surface area contributed by atoms with Crippen LogP contribution in [0.4, 0.5) is 0 Å². The van der Waals surface area contributed by atoms with E-state index in [-0.39, 0.29) is 24.2 Å². The Morgan fingerprint density at radius 3 is 2.51 bits per heavy atom. The van der Waals surface area contributed by atoms with Crippen molar-refractivity contribution in [1.29, 1.82) is 0 Å². The highest BCUT2D eigenvalue weighted by molar-refractivity contribution is 7.99. The van der Waals surface area contributed by atoms with E-state index >= 15 is 0 Å². The van der Waals surface area contributed by atoms with Gasteiger partial charge < -0.3 is 19.3 Å². The fraction of sp³-hybridized carbons (Fsp3) is 0.375. The molecular formula is C24H26N6O4S. The summed E-state index contributed by atoms with van der Waals surface area (Å²) in [4.78, 5) is 29.3. The van der Waals surface area contributed by atoms with E-state index in [2.05, 4.69) is 22.4 Å². The van der Waals surface area contributed by atoms with Gasteiger partial charge in [0.2, 0.25) is 17.2 Å². The first-order valence-electron chi connectivity index (χ1n) is 11.4. The van der Waals surface area contributed by atoms with Crippen molar-refractivity contribution in [1.82, 2.24) is 30.0 Å². The third-order valence-electron chi connectivity index (χ3n) is 6.23. The smallest absolute Gasteiger partial charge is 0.267 e. The van der Waals surface area contributed by atoms with Gasteiger partial charge in [-0.15, -0.1) is 5.10 Å². The molecule has 1 saturated heterocycles. The van der Waals surface area contributed by atoms with Crippen LogP contribution in [-0.2, 0) is 9.59 Å². The second-order valence-corrected chi connectivity index (χ2v) is 9.44. The number of thioether (sulfide) groups is 1. The van der Waals surface area contributed by atoms with Crippen LogP contribution >= 0.6 is 11.8 Å². The van der Waals surface area contributed by atoms with Crippen molar-refractivity contribution in [2.24, 2.45) is 0 Å². The Bertz CT molecular complexity index is 1240. The molecule has 11 heteroatoms. The molecule has 182 valence electrons. The van der Waals surface area contributed by atoms with Gasteiger partial charge in [0.25, 0.3) is 5.91 Å². The van der Waals surface area contributed by atoms with Crippen molar-refractivity contribution >= 4 is 23.6 Å². The molecule has 0 saturated carbocycles. The average Bonchev–Trinajstić information content (AvgIpc) is 3.37. The maximum atomic E-state index is 12.9. The number of aromatic nitrogens is 4. The van der Waals surface area contributed by atoms with Gasteiger partial charge in [-0.25, -0.2) is 0 Å². The lowest BCUT2D eigenvalue weighted by atomic mass is 10.1. The van der Waals surface area contributed by atoms with Gasteiger partial charge in [0.1, 0.15) is 6.61 Å². The Morgan fingerprint density at radius 2 is 1.74 bits per heavy atom. The molecule has 2 aliphatic rings. The Kier molecular flexibility index (Phi) is 6.58. The van der Waals surface area contributed by atoms with Crippen molar-refractivity contribution in [2.45, 2.75) is 25.1 Å². The minimum Gasteiger partial charge on any atom is -0.485 e. The van der Waals surface area contributed by atoms with Crippen molar-refractivity contribution in [2.75, 3.05) is 38.5 Å². The van der Waals surface area contributed by atoms with E-state index in [1.54, 1.807) is 20.5 Å². The Hall–Kier alpha value is -3.60. The second-order valence-electron chi connectivity index (χ2n) is 8.50. The lowest BCUT2D eigenvalue weighted by Crippen LogP contribution is -2.55. The molecule has 0 bridgehead atoms. The number of carbonyl (C=O) groups excluding carboxylic acids is 2. The number of piperazine rings is 1. The third kappa shape index (κ3) is 4.95. The number of hydrogen-bond acceptors (Lipinski definition) is 8. The lowest BCUT2D eigenvalue weighted by Gasteiger charge is -2.37. The zero-order chi connectivity index (χ0) is 24.4. The molecule has 1 unspecified atom stereocenters. The number of amides is 2. The van der Waals surface area contributed by atoms with Crippen molar-refractivity contribution in [3.8, 4) is 17.2 Å². The highest BCUT2D eigenvalue weighted by Gasteiger charge is 2.33. The molecule has 0 N–H and O–H groups in total. The predicted octanol–water partition coefficient (Wildman–Crippen LogP) is 1.88. The number of tetrazole rings is 1. The van der Waals surface area contributed by atoms with E-state index in [0.29, 0.717) is 42.8 Å². The van der Waals surface area contributed by atoms with Crippen LogP contribution in [0.1, 0.15) is 11.1 Å². The van der Waals surface area contributed by atoms with Crippen LogP contribution in [0.3, 0.4) is 0 Å². The molecule has 35 heavy (non-hydrogen) atoms. The van der Waals surface area contributed by atoms with Crippen LogP contribution in [0.15, 0.2) is 47.6 Å². The minimum absolute atomic E-state index is 0.0112. The number of benzene rings is 2. The van der Waals surface area contributed by atoms with Crippen LogP contribution in [-0.4, -0.2) is 86.5 Å². The van der Waals surface area contributed by atoms with E-state index in [1.807, 2.05) is 43.3 Å². The van der Waals surface area contributed by atoms with Crippen LogP contribution in [0, 0.1) is 13.8 Å². The lowest BCUT2D eigenvalue weighted by molar-refractivity contribution is -0.145. The maximum Gasteiger partial charge on any atom is 0.267 e. The molecule has 0 aliphatic carbocycles. The average molecular weight is 495 g/mol. The standard InChI is InChI=1S/C24H26N6O4S/c1-16-7-8-18(13-17(16)2)30-24(25-26-27-30)35-15-22(31)28-9-11-29(12-10-28)23(32)21-14-33-19-5-3-4-6-20(19)34-21/h3-8,13,21H,9-12,14-15H2,1-2H3. The van der Waals surface area contributed by atoms with Gasteiger partial charge in [0.15, 0.2) is 11.5 Å². The number of ether oxygens (including phenoxy) is 2. The topological polar surface area (TPSA) is 103 Å². The first kappa shape index (κ1) is 23.2. The zero-order valence-electron chi connectivity index (χ0n) is 19.6. The first-order valence-corrected chi connectivity index (χ1v) is 12.4. The number of nitrogens with zero attached hydrogens (tertiary/aromatic N) is 6. The van der Waals surface area contributed by atoms with Gasteiger partial charge in [0.05, 0.1) is 11.4 Å². The molecule has 3 heterocycles. The van der Waals surface area contributed by atoms with E-state index in [9.17, 15) is 9.59 Å². The van der Waals surface area contributed by atoms with E-state index in [0.717, 1.165) is 11.3 Å². The van der Waals surface area contributed by atoms with Gasteiger partial charge in [-0.2, -0.15) is 4.68 Å². The van der Waals surface area contributed by atoms with Gasteiger partial charge in [-0.3, -0.25) is 9.59 Å². The summed E-state index contributed by atoms with van der Waals surface area (Å²) in [5, 5.41) is 12.5. The molecule has 5 rings (SSSR count). The molecular weight excluding hydrogens is 468 g/mol. The summed E-state index contributed by atoms with van der Waals surface area (Å²) >= 11 is 1.30. The number of rotatable bonds is 5. The summed E-state index contributed by atoms with van der Waals surface area (Å²) < 4.78 is 13.2. The second kappa shape index (κ2) is 9.95. The van der Waals surface area contributed by atoms with Crippen LogP contribution in [0.25, 0.3) is 5.69 Å². The normalized spacial score (nSPS) is 17.4.